The smallest absolute Gasteiger partial charge is 0.400 e. The second-order valence-corrected chi connectivity index (χ2v) is 12.3. The topological polar surface area (TPSA) is 143 Å². The molecular formula is C29H32N2O9S2. The van der Waals surface area contributed by atoms with E-state index < -0.39 is 33.0 Å². The second kappa shape index (κ2) is 12.2. The number of fused-ring (bicyclic) bond motifs is 1. The van der Waals surface area contributed by atoms with Crippen LogP contribution in [0.15, 0.2) is 84.4 Å². The van der Waals surface area contributed by atoms with Gasteiger partial charge in [0, 0.05) is 44.7 Å². The second-order valence-electron chi connectivity index (χ2n) is 10.2. The molecule has 1 fully saturated rings. The van der Waals surface area contributed by atoms with E-state index in [1.54, 1.807) is 18.2 Å². The largest absolute Gasteiger partial charge is 0.497 e. The molecule has 224 valence electrons. The Labute approximate surface area is 245 Å². The molecule has 13 heteroatoms. The third-order valence-electron chi connectivity index (χ3n) is 7.40. The number of benzene rings is 3. The molecule has 0 amide bonds. The Morgan fingerprint density at radius 2 is 1.36 bits per heavy atom. The Hall–Kier alpha value is -3.14. The minimum absolute atomic E-state index is 0.0424. The molecule has 0 saturated carbocycles. The first-order valence-corrected chi connectivity index (χ1v) is 16.0. The van der Waals surface area contributed by atoms with Crippen LogP contribution in [0.4, 0.5) is 0 Å². The first-order chi connectivity index (χ1) is 19.9. The van der Waals surface area contributed by atoms with Gasteiger partial charge in [-0.25, -0.2) is 8.37 Å². The molecule has 0 aromatic heterocycles. The summed E-state index contributed by atoms with van der Waals surface area (Å²) >= 11 is 0. The Morgan fingerprint density at radius 1 is 0.810 bits per heavy atom. The van der Waals surface area contributed by atoms with Gasteiger partial charge >= 0.3 is 20.8 Å². The fourth-order valence-electron chi connectivity index (χ4n) is 5.74. The Morgan fingerprint density at radius 3 is 1.86 bits per heavy atom. The van der Waals surface area contributed by atoms with Crippen molar-refractivity contribution in [3.05, 3.63) is 107 Å². The highest BCUT2D eigenvalue weighted by Crippen LogP contribution is 2.44. The molecule has 0 bridgehead atoms. The van der Waals surface area contributed by atoms with Gasteiger partial charge in [-0.15, -0.1) is 0 Å². The summed E-state index contributed by atoms with van der Waals surface area (Å²) in [5, 5.41) is 0. The molecule has 42 heavy (non-hydrogen) atoms. The van der Waals surface area contributed by atoms with E-state index in [4.69, 9.17) is 13.1 Å². The highest BCUT2D eigenvalue weighted by molar-refractivity contribution is 7.81. The third-order valence-corrected chi connectivity index (χ3v) is 8.36. The lowest BCUT2D eigenvalue weighted by molar-refractivity contribution is -0.124. The lowest BCUT2D eigenvalue weighted by atomic mass is 9.86. The number of methoxy groups -OCH3 is 1. The maximum absolute atomic E-state index is 11.9. The van der Waals surface area contributed by atoms with Crippen molar-refractivity contribution >= 4 is 26.9 Å². The molecule has 1 aliphatic carbocycles. The lowest BCUT2D eigenvalue weighted by Crippen LogP contribution is -2.49. The molecular weight excluding hydrogens is 584 g/mol. The van der Waals surface area contributed by atoms with Crippen LogP contribution < -0.4 is 4.74 Å². The fourth-order valence-corrected chi connectivity index (χ4v) is 6.83. The number of piperazine rings is 1. The highest BCUT2D eigenvalue weighted by atomic mass is 32.3. The lowest BCUT2D eigenvalue weighted by Gasteiger charge is -2.41. The van der Waals surface area contributed by atoms with E-state index in [9.17, 15) is 25.9 Å². The monoisotopic (exact) mass is 616 g/mol. The highest BCUT2D eigenvalue weighted by Gasteiger charge is 2.48. The quantitative estimate of drug-likeness (QED) is 0.254. The van der Waals surface area contributed by atoms with Gasteiger partial charge in [-0.05, 0) is 34.4 Å². The maximum Gasteiger partial charge on any atom is 0.400 e. The zero-order valence-electron chi connectivity index (χ0n) is 22.9. The predicted molar refractivity (Wildman–Crippen MR) is 155 cm³/mol. The maximum atomic E-state index is 11.9. The first-order valence-electron chi connectivity index (χ1n) is 13.2. The number of hydrogen-bond acceptors (Lipinski definition) is 9. The van der Waals surface area contributed by atoms with Crippen LogP contribution in [0.3, 0.4) is 0 Å². The molecule has 0 spiro atoms. The van der Waals surface area contributed by atoms with Crippen molar-refractivity contribution in [2.75, 3.05) is 39.8 Å². The van der Waals surface area contributed by atoms with E-state index in [2.05, 4.69) is 34.1 Å². The summed E-state index contributed by atoms with van der Waals surface area (Å²) in [6.45, 7) is 3.17. The summed E-state index contributed by atoms with van der Waals surface area (Å²) in [5.74, 6) is -2.32. The molecule has 2 aliphatic rings. The van der Waals surface area contributed by atoms with E-state index >= 15 is 0 Å². The minimum Gasteiger partial charge on any atom is -0.497 e. The van der Waals surface area contributed by atoms with Gasteiger partial charge in [-0.3, -0.25) is 18.9 Å². The predicted octanol–water partition coefficient (Wildman–Crippen LogP) is 3.68. The minimum atomic E-state index is -5.23. The van der Waals surface area contributed by atoms with Crippen LogP contribution in [-0.4, -0.2) is 75.6 Å². The zero-order chi connectivity index (χ0) is 30.0. The summed E-state index contributed by atoms with van der Waals surface area (Å²) in [6, 6.07) is 25.2. The zero-order valence-corrected chi connectivity index (χ0v) is 24.5. The van der Waals surface area contributed by atoms with Gasteiger partial charge in [0.1, 0.15) is 5.75 Å². The van der Waals surface area contributed by atoms with Gasteiger partial charge in [0.15, 0.2) is 0 Å². The summed E-state index contributed by atoms with van der Waals surface area (Å²) in [5.41, 5.74) is 3.30. The van der Waals surface area contributed by atoms with E-state index in [0.29, 0.717) is 30.8 Å². The van der Waals surface area contributed by atoms with Gasteiger partial charge in [-0.2, -0.15) is 16.8 Å². The number of hydrogen-bond donors (Lipinski definition) is 2. The third kappa shape index (κ3) is 7.25. The number of ether oxygens (including phenoxy) is 1. The molecule has 0 unspecified atom stereocenters. The van der Waals surface area contributed by atoms with Crippen LogP contribution in [-0.2, 0) is 35.0 Å². The van der Waals surface area contributed by atoms with Crippen LogP contribution in [0.1, 0.15) is 34.7 Å². The van der Waals surface area contributed by atoms with Crippen LogP contribution in [0.2, 0.25) is 0 Å². The molecule has 0 atom stereocenters. The first kappa shape index (κ1) is 30.3. The summed E-state index contributed by atoms with van der Waals surface area (Å²) in [4.78, 5) is 4.57. The molecule has 1 heterocycles. The van der Waals surface area contributed by atoms with Gasteiger partial charge in [0.05, 0.1) is 13.2 Å². The van der Waals surface area contributed by atoms with Crippen LogP contribution in [0.5, 0.6) is 5.75 Å². The van der Waals surface area contributed by atoms with Crippen molar-refractivity contribution in [2.45, 2.75) is 18.2 Å². The summed E-state index contributed by atoms with van der Waals surface area (Å²) in [7, 11) is -9.09. The average Bonchev–Trinajstić information content (AvgIpc) is 2.93. The van der Waals surface area contributed by atoms with Gasteiger partial charge < -0.3 is 4.74 Å². The standard InChI is InChI=1S/C29H32N2O9S2/c1-38-26-13-12-25-18-22(20-29(27(25)19-26,39-41(32,33)34)40-42(35,36)37)21-30-14-16-31(17-15-30)28(23-8-4-2-5-9-23)24-10-6-3-7-11-24/h2-13,18-19,28H,14-17,20-21H2,1H3,(H,32,33,34)(H,35,36,37). The molecule has 3 aromatic rings. The fraction of sp³-hybridized carbons (Fsp3) is 0.310. The molecule has 11 nitrogen and oxygen atoms in total. The van der Waals surface area contributed by atoms with Crippen molar-refractivity contribution < 1.29 is 39.0 Å². The van der Waals surface area contributed by atoms with E-state index in [-0.39, 0.29) is 17.4 Å². The molecule has 3 aromatic carbocycles. The van der Waals surface area contributed by atoms with Crippen molar-refractivity contribution in [3.63, 3.8) is 0 Å². The average molecular weight is 617 g/mol. The molecule has 1 saturated heterocycles. The van der Waals surface area contributed by atoms with E-state index in [1.165, 1.54) is 24.3 Å². The normalized spacial score (nSPS) is 18.0. The van der Waals surface area contributed by atoms with Crippen LogP contribution in [0, 0.1) is 0 Å². The van der Waals surface area contributed by atoms with Gasteiger partial charge in [0.2, 0.25) is 5.79 Å². The van der Waals surface area contributed by atoms with Gasteiger partial charge in [0.25, 0.3) is 0 Å². The molecule has 1 aliphatic heterocycles. The Bertz CT molecular complexity index is 1570. The molecule has 0 radical (unpaired) electrons. The van der Waals surface area contributed by atoms with E-state index in [0.717, 1.165) is 13.1 Å². The van der Waals surface area contributed by atoms with Crippen molar-refractivity contribution in [1.29, 1.82) is 0 Å². The van der Waals surface area contributed by atoms with E-state index in [1.807, 2.05) is 36.4 Å². The molecule has 2 N–H and O–H groups in total. The van der Waals surface area contributed by atoms with Crippen molar-refractivity contribution in [2.24, 2.45) is 0 Å². The molecule has 5 rings (SSSR count). The number of rotatable bonds is 10. The number of nitrogens with zero attached hydrogens (tertiary/aromatic N) is 2. The van der Waals surface area contributed by atoms with Gasteiger partial charge in [-0.1, -0.05) is 72.8 Å². The van der Waals surface area contributed by atoms with Crippen molar-refractivity contribution in [1.82, 2.24) is 9.80 Å². The van der Waals surface area contributed by atoms with Crippen LogP contribution >= 0.6 is 0 Å². The Kier molecular flexibility index (Phi) is 8.83. The van der Waals surface area contributed by atoms with Crippen LogP contribution in [0.25, 0.3) is 6.08 Å². The summed E-state index contributed by atoms with van der Waals surface area (Å²) in [6.07, 6.45) is 1.39. The summed E-state index contributed by atoms with van der Waals surface area (Å²) < 4.78 is 81.7. The SMILES string of the molecule is COc1ccc2c(c1)C(OS(=O)(=O)O)(OS(=O)(=O)O)CC(CN1CCN(C(c3ccccc3)c3ccccc3)CC1)=C2. The Balaban J connectivity index is 1.40. The van der Waals surface area contributed by atoms with Crippen molar-refractivity contribution in [3.8, 4) is 5.75 Å².